The lowest BCUT2D eigenvalue weighted by atomic mass is 9.76. The third-order valence-electron chi connectivity index (χ3n) is 7.21. The van der Waals surface area contributed by atoms with Crippen molar-refractivity contribution >= 4 is 27.3 Å². The Bertz CT molecular complexity index is 1390. The van der Waals surface area contributed by atoms with Crippen molar-refractivity contribution in [1.29, 1.82) is 0 Å². The van der Waals surface area contributed by atoms with Gasteiger partial charge in [-0.05, 0) is 58.5 Å². The highest BCUT2D eigenvalue weighted by Crippen LogP contribution is 2.46. The van der Waals surface area contributed by atoms with E-state index >= 15 is 0 Å². The summed E-state index contributed by atoms with van der Waals surface area (Å²) in [5.41, 5.74) is 5.99. The lowest BCUT2D eigenvalue weighted by Crippen LogP contribution is -2.32. The minimum absolute atomic E-state index is 0.0178. The molecule has 1 aliphatic heterocycles. The molecule has 2 nitrogen and oxygen atoms in total. The summed E-state index contributed by atoms with van der Waals surface area (Å²) in [6, 6.07) is 30.1. The summed E-state index contributed by atoms with van der Waals surface area (Å²) in [5.74, 6) is 0.288. The molecule has 0 saturated carbocycles. The number of benzene rings is 4. The standard InChI is InChI=1S/C31H27NO/c1-21-18-27(30-25-14-7-5-12-23(25)19-24-13-6-8-15-26(24)30)31-28(16-9-17-29(31)33)32(21)20-22-10-3-2-4-11-22/h2-8,10-15,18-19,27H,9,16-17,20H2,1H3. The maximum Gasteiger partial charge on any atom is 0.161 e. The fourth-order valence-electron chi connectivity index (χ4n) is 5.71. The van der Waals surface area contributed by atoms with Gasteiger partial charge in [-0.2, -0.15) is 0 Å². The topological polar surface area (TPSA) is 20.3 Å². The maximum atomic E-state index is 13.5. The van der Waals surface area contributed by atoms with Crippen LogP contribution in [0.25, 0.3) is 21.5 Å². The average Bonchev–Trinajstić information content (AvgIpc) is 2.85. The van der Waals surface area contributed by atoms with Gasteiger partial charge in [0, 0.05) is 35.9 Å². The first-order valence-electron chi connectivity index (χ1n) is 11.9. The Morgan fingerprint density at radius 1 is 0.818 bits per heavy atom. The fraction of sp³-hybridized carbons (Fsp3) is 0.194. The zero-order valence-corrected chi connectivity index (χ0v) is 18.9. The van der Waals surface area contributed by atoms with E-state index in [2.05, 4.69) is 103 Å². The van der Waals surface area contributed by atoms with Crippen LogP contribution < -0.4 is 0 Å². The average molecular weight is 430 g/mol. The van der Waals surface area contributed by atoms with Crippen molar-refractivity contribution in [2.45, 2.75) is 38.6 Å². The molecule has 0 bridgehead atoms. The van der Waals surface area contributed by atoms with E-state index in [1.54, 1.807) is 0 Å². The van der Waals surface area contributed by atoms with E-state index < -0.39 is 0 Å². The molecule has 1 atom stereocenters. The predicted molar refractivity (Wildman–Crippen MR) is 136 cm³/mol. The third-order valence-corrected chi connectivity index (χ3v) is 7.21. The Morgan fingerprint density at radius 2 is 1.45 bits per heavy atom. The second kappa shape index (κ2) is 8.04. The zero-order valence-electron chi connectivity index (χ0n) is 18.9. The number of allylic oxidation sites excluding steroid dienone is 4. The molecule has 4 aromatic rings. The molecule has 1 aliphatic carbocycles. The molecule has 0 radical (unpaired) electrons. The van der Waals surface area contributed by atoms with Crippen LogP contribution >= 0.6 is 0 Å². The summed E-state index contributed by atoms with van der Waals surface area (Å²) in [7, 11) is 0. The molecule has 0 aromatic heterocycles. The highest BCUT2D eigenvalue weighted by atomic mass is 16.1. The zero-order chi connectivity index (χ0) is 22.4. The minimum Gasteiger partial charge on any atom is -0.344 e. The van der Waals surface area contributed by atoms with Gasteiger partial charge in [0.1, 0.15) is 0 Å². The lowest BCUT2D eigenvalue weighted by molar-refractivity contribution is -0.116. The molecule has 2 heteroatoms. The molecule has 0 spiro atoms. The van der Waals surface area contributed by atoms with E-state index in [1.807, 2.05) is 0 Å². The molecule has 2 aliphatic rings. The van der Waals surface area contributed by atoms with Crippen LogP contribution in [0.5, 0.6) is 0 Å². The van der Waals surface area contributed by atoms with Crippen LogP contribution in [0.2, 0.25) is 0 Å². The van der Waals surface area contributed by atoms with Gasteiger partial charge in [0.2, 0.25) is 0 Å². The van der Waals surface area contributed by atoms with E-state index in [9.17, 15) is 4.79 Å². The van der Waals surface area contributed by atoms with Crippen molar-refractivity contribution in [3.8, 4) is 0 Å². The molecule has 162 valence electrons. The molecule has 1 heterocycles. The van der Waals surface area contributed by atoms with E-state index in [0.717, 1.165) is 25.0 Å². The molecule has 6 rings (SSSR count). The highest BCUT2D eigenvalue weighted by Gasteiger charge is 2.35. The third kappa shape index (κ3) is 3.38. The Labute approximate surface area is 194 Å². The van der Waals surface area contributed by atoms with Gasteiger partial charge in [-0.15, -0.1) is 0 Å². The number of hydrogen-bond donors (Lipinski definition) is 0. The van der Waals surface area contributed by atoms with Gasteiger partial charge in [0.15, 0.2) is 5.78 Å². The van der Waals surface area contributed by atoms with Crippen LogP contribution in [0.15, 0.2) is 108 Å². The van der Waals surface area contributed by atoms with E-state index in [4.69, 9.17) is 0 Å². The Kier molecular flexibility index (Phi) is 4.87. The highest BCUT2D eigenvalue weighted by molar-refractivity contribution is 6.06. The molecule has 0 fully saturated rings. The van der Waals surface area contributed by atoms with Crippen molar-refractivity contribution < 1.29 is 4.79 Å². The second-order valence-corrected chi connectivity index (χ2v) is 9.23. The summed E-state index contributed by atoms with van der Waals surface area (Å²) in [5, 5.41) is 4.95. The SMILES string of the molecule is CC1=CC(c2c3ccccc3cc3ccccc23)C2=C(CCCC2=O)N1Cc1ccccc1. The molecule has 33 heavy (non-hydrogen) atoms. The monoisotopic (exact) mass is 429 g/mol. The molecule has 0 saturated heterocycles. The van der Waals surface area contributed by atoms with Gasteiger partial charge in [-0.25, -0.2) is 0 Å². The number of nitrogens with zero attached hydrogens (tertiary/aromatic N) is 1. The number of rotatable bonds is 3. The smallest absolute Gasteiger partial charge is 0.161 e. The molecular weight excluding hydrogens is 402 g/mol. The first kappa shape index (κ1) is 20.0. The van der Waals surface area contributed by atoms with Crippen molar-refractivity contribution in [3.63, 3.8) is 0 Å². The Morgan fingerprint density at radius 3 is 2.15 bits per heavy atom. The lowest BCUT2D eigenvalue weighted by Gasteiger charge is -2.39. The van der Waals surface area contributed by atoms with E-state index in [1.165, 1.54) is 44.1 Å². The maximum absolute atomic E-state index is 13.5. The number of carbonyl (C=O) groups excluding carboxylic acids is 1. The van der Waals surface area contributed by atoms with Crippen LogP contribution in [0.3, 0.4) is 0 Å². The van der Waals surface area contributed by atoms with Crippen molar-refractivity contribution in [2.24, 2.45) is 0 Å². The summed E-state index contributed by atoms with van der Waals surface area (Å²) in [4.78, 5) is 15.9. The van der Waals surface area contributed by atoms with Crippen LogP contribution in [0, 0.1) is 0 Å². The van der Waals surface area contributed by atoms with Crippen LogP contribution in [-0.2, 0) is 11.3 Å². The minimum atomic E-state index is -0.0178. The molecule has 0 amide bonds. The largest absolute Gasteiger partial charge is 0.344 e. The molecule has 1 unspecified atom stereocenters. The molecule has 4 aromatic carbocycles. The van der Waals surface area contributed by atoms with Crippen molar-refractivity contribution in [1.82, 2.24) is 4.90 Å². The summed E-state index contributed by atoms with van der Waals surface area (Å²) >= 11 is 0. The Hall–Kier alpha value is -3.65. The number of fused-ring (bicyclic) bond motifs is 2. The number of hydrogen-bond acceptors (Lipinski definition) is 2. The first-order valence-corrected chi connectivity index (χ1v) is 11.9. The summed E-state index contributed by atoms with van der Waals surface area (Å²) in [6.45, 7) is 3.00. The van der Waals surface area contributed by atoms with Crippen molar-refractivity contribution in [2.75, 3.05) is 0 Å². The predicted octanol–water partition coefficient (Wildman–Crippen LogP) is 7.50. The number of ketones is 1. The van der Waals surface area contributed by atoms with E-state index in [-0.39, 0.29) is 5.92 Å². The van der Waals surface area contributed by atoms with Crippen LogP contribution in [-0.4, -0.2) is 10.7 Å². The molecule has 0 N–H and O–H groups in total. The Balaban J connectivity index is 1.59. The normalized spacial score (nSPS) is 18.6. The first-order chi connectivity index (χ1) is 16.2. The van der Waals surface area contributed by atoms with Gasteiger partial charge in [-0.3, -0.25) is 4.79 Å². The molecular formula is C31H27NO. The van der Waals surface area contributed by atoms with Crippen molar-refractivity contribution in [3.05, 3.63) is 119 Å². The number of Topliss-reactive ketones (excluding diaryl/α,β-unsaturated/α-hetero) is 1. The van der Waals surface area contributed by atoms with Crippen LogP contribution in [0.4, 0.5) is 0 Å². The van der Waals surface area contributed by atoms with Crippen LogP contribution in [0.1, 0.15) is 43.2 Å². The van der Waals surface area contributed by atoms with E-state index in [0.29, 0.717) is 12.2 Å². The fourth-order valence-corrected chi connectivity index (χ4v) is 5.71. The second-order valence-electron chi connectivity index (χ2n) is 9.23. The van der Waals surface area contributed by atoms with Gasteiger partial charge >= 0.3 is 0 Å². The summed E-state index contributed by atoms with van der Waals surface area (Å²) < 4.78 is 0. The van der Waals surface area contributed by atoms with Gasteiger partial charge in [-0.1, -0.05) is 84.9 Å². The summed E-state index contributed by atoms with van der Waals surface area (Å²) in [6.07, 6.45) is 4.86. The quantitative estimate of drug-likeness (QED) is 0.314. The number of carbonyl (C=O) groups is 1. The van der Waals surface area contributed by atoms with Gasteiger partial charge in [0.05, 0.1) is 0 Å². The van der Waals surface area contributed by atoms with Gasteiger partial charge < -0.3 is 4.90 Å². The van der Waals surface area contributed by atoms with Gasteiger partial charge in [0.25, 0.3) is 0 Å².